The lowest BCUT2D eigenvalue weighted by Gasteiger charge is -2.33. The second kappa shape index (κ2) is 10.4. The third-order valence-corrected chi connectivity index (χ3v) is 7.63. The van der Waals surface area contributed by atoms with Gasteiger partial charge in [-0.2, -0.15) is 0 Å². The van der Waals surface area contributed by atoms with E-state index in [1.165, 1.54) is 0 Å². The molecule has 3 aromatic rings. The van der Waals surface area contributed by atoms with Gasteiger partial charge >= 0.3 is 0 Å². The monoisotopic (exact) mass is 513 g/mol. The SMILES string of the molecule is Nc1nccn2c(C3CCCN(C(=O)C4CCOC4)C3)nc(C3C=CC(C(=O)Nc4ccccn4)=CC3)c12. The molecule has 10 heteroatoms. The van der Waals surface area contributed by atoms with Gasteiger partial charge in [-0.3, -0.25) is 14.0 Å². The van der Waals surface area contributed by atoms with Gasteiger partial charge in [0, 0.05) is 55.7 Å². The Kier molecular flexibility index (Phi) is 6.63. The number of nitrogens with two attached hydrogens (primary N) is 1. The lowest BCUT2D eigenvalue weighted by Crippen LogP contribution is -2.42. The first kappa shape index (κ1) is 24.3. The molecule has 10 nitrogen and oxygen atoms in total. The van der Waals surface area contributed by atoms with Crippen molar-refractivity contribution in [2.24, 2.45) is 5.92 Å². The highest BCUT2D eigenvalue weighted by atomic mass is 16.5. The van der Waals surface area contributed by atoms with Crippen LogP contribution in [-0.4, -0.2) is 62.4 Å². The number of carbonyl (C=O) groups is 2. The largest absolute Gasteiger partial charge is 0.382 e. The maximum atomic E-state index is 13.1. The van der Waals surface area contributed by atoms with Crippen molar-refractivity contribution in [1.82, 2.24) is 24.3 Å². The van der Waals surface area contributed by atoms with Gasteiger partial charge < -0.3 is 20.7 Å². The number of hydrogen-bond donors (Lipinski definition) is 2. The number of pyridine rings is 1. The molecule has 3 aliphatic rings. The number of piperidine rings is 1. The van der Waals surface area contributed by atoms with E-state index in [1.54, 1.807) is 24.5 Å². The maximum absolute atomic E-state index is 13.1. The Labute approximate surface area is 220 Å². The molecule has 3 atom stereocenters. The molecule has 2 aliphatic heterocycles. The van der Waals surface area contributed by atoms with Crippen molar-refractivity contribution in [3.8, 4) is 0 Å². The van der Waals surface area contributed by atoms with Gasteiger partial charge in [0.25, 0.3) is 5.91 Å². The second-order valence-corrected chi connectivity index (χ2v) is 10.1. The molecule has 5 heterocycles. The van der Waals surface area contributed by atoms with Crippen molar-refractivity contribution >= 4 is 29.0 Å². The third-order valence-electron chi connectivity index (χ3n) is 7.63. The standard InChI is InChI=1S/C28H31N7O3/c29-25-24-23(18-6-8-19(9-7-18)27(36)32-22-5-1-2-11-30-22)33-26(35(24)14-12-31-25)20-4-3-13-34(16-20)28(37)21-10-15-38-17-21/h1-2,5-6,8-9,11-12,14,18,20-21H,3-4,7,10,13,15-17H2,(H2,29,31)(H,30,32,36). The Bertz CT molecular complexity index is 1410. The lowest BCUT2D eigenvalue weighted by molar-refractivity contribution is -0.136. The fourth-order valence-electron chi connectivity index (χ4n) is 5.65. The molecule has 3 unspecified atom stereocenters. The van der Waals surface area contributed by atoms with E-state index in [1.807, 2.05) is 39.8 Å². The molecule has 0 bridgehead atoms. The smallest absolute Gasteiger partial charge is 0.256 e. The van der Waals surface area contributed by atoms with Crippen LogP contribution < -0.4 is 11.1 Å². The minimum absolute atomic E-state index is 0.0376. The van der Waals surface area contributed by atoms with Crippen molar-refractivity contribution < 1.29 is 14.3 Å². The number of aromatic nitrogens is 4. The first-order valence-electron chi connectivity index (χ1n) is 13.2. The van der Waals surface area contributed by atoms with E-state index in [9.17, 15) is 9.59 Å². The van der Waals surface area contributed by atoms with Crippen LogP contribution in [-0.2, 0) is 14.3 Å². The normalized spacial score (nSPS) is 23.4. The number of nitrogen functional groups attached to an aromatic ring is 1. The summed E-state index contributed by atoms with van der Waals surface area (Å²) in [7, 11) is 0. The number of likely N-dealkylation sites (tertiary alicyclic amines) is 1. The molecular formula is C28H31N7O3. The van der Waals surface area contributed by atoms with Crippen LogP contribution in [0.4, 0.5) is 11.6 Å². The van der Waals surface area contributed by atoms with Crippen LogP contribution in [0.3, 0.4) is 0 Å². The van der Waals surface area contributed by atoms with Crippen LogP contribution >= 0.6 is 0 Å². The molecule has 0 radical (unpaired) electrons. The number of hydrogen-bond acceptors (Lipinski definition) is 7. The van der Waals surface area contributed by atoms with Crippen LogP contribution in [0, 0.1) is 5.92 Å². The molecule has 6 rings (SSSR count). The summed E-state index contributed by atoms with van der Waals surface area (Å²) in [6.07, 6.45) is 14.3. The minimum atomic E-state index is -0.199. The molecule has 2 saturated heterocycles. The Morgan fingerprint density at radius 2 is 2.08 bits per heavy atom. The van der Waals surface area contributed by atoms with E-state index in [-0.39, 0.29) is 29.6 Å². The number of fused-ring (bicyclic) bond motifs is 1. The highest BCUT2D eigenvalue weighted by molar-refractivity contribution is 6.05. The molecule has 38 heavy (non-hydrogen) atoms. The highest BCUT2D eigenvalue weighted by Crippen LogP contribution is 2.36. The zero-order valence-electron chi connectivity index (χ0n) is 21.1. The number of carbonyl (C=O) groups excluding carboxylic acids is 2. The Balaban J connectivity index is 1.23. The molecule has 3 aromatic heterocycles. The fourth-order valence-corrected chi connectivity index (χ4v) is 5.65. The van der Waals surface area contributed by atoms with Gasteiger partial charge in [0.15, 0.2) is 0 Å². The number of nitrogens with one attached hydrogen (secondary N) is 1. The van der Waals surface area contributed by atoms with Crippen LogP contribution in [0.25, 0.3) is 5.52 Å². The number of imidazole rings is 1. The van der Waals surface area contributed by atoms with Gasteiger partial charge in [-0.15, -0.1) is 0 Å². The van der Waals surface area contributed by atoms with Gasteiger partial charge in [-0.25, -0.2) is 15.0 Å². The first-order valence-corrected chi connectivity index (χ1v) is 13.2. The quantitative estimate of drug-likeness (QED) is 0.537. The third kappa shape index (κ3) is 4.67. The molecule has 2 fully saturated rings. The Hall–Kier alpha value is -4.05. The molecular weight excluding hydrogens is 482 g/mol. The summed E-state index contributed by atoms with van der Waals surface area (Å²) in [6, 6.07) is 5.38. The maximum Gasteiger partial charge on any atom is 0.256 e. The minimum Gasteiger partial charge on any atom is -0.382 e. The average Bonchev–Trinajstić information content (AvgIpc) is 3.63. The number of allylic oxidation sites excluding steroid dienone is 2. The predicted octanol–water partition coefficient (Wildman–Crippen LogP) is 3.06. The van der Waals surface area contributed by atoms with Gasteiger partial charge in [0.1, 0.15) is 23.0 Å². The molecule has 3 N–H and O–H groups in total. The average molecular weight is 514 g/mol. The summed E-state index contributed by atoms with van der Waals surface area (Å²) in [5, 5.41) is 2.83. The Morgan fingerprint density at radius 3 is 2.84 bits per heavy atom. The van der Waals surface area contributed by atoms with Crippen molar-refractivity contribution in [3.63, 3.8) is 0 Å². The van der Waals surface area contributed by atoms with Crippen molar-refractivity contribution in [2.45, 2.75) is 37.5 Å². The number of amides is 2. The van der Waals surface area contributed by atoms with Gasteiger partial charge in [0.2, 0.25) is 5.91 Å². The summed E-state index contributed by atoms with van der Waals surface area (Å²) in [5.41, 5.74) is 8.58. The van der Waals surface area contributed by atoms with Crippen LogP contribution in [0.5, 0.6) is 0 Å². The van der Waals surface area contributed by atoms with Crippen molar-refractivity contribution in [2.75, 3.05) is 37.4 Å². The van der Waals surface area contributed by atoms with E-state index in [4.69, 9.17) is 15.5 Å². The lowest BCUT2D eigenvalue weighted by atomic mass is 9.93. The first-order chi connectivity index (χ1) is 18.6. The number of nitrogens with zero attached hydrogens (tertiary/aromatic N) is 5. The van der Waals surface area contributed by atoms with Crippen LogP contribution in [0.15, 0.2) is 60.6 Å². The molecule has 196 valence electrons. The molecule has 0 saturated carbocycles. The van der Waals surface area contributed by atoms with E-state index in [0.29, 0.717) is 43.4 Å². The molecule has 1 aliphatic carbocycles. The number of ether oxygens (including phenoxy) is 1. The van der Waals surface area contributed by atoms with Crippen molar-refractivity contribution in [3.05, 3.63) is 72.1 Å². The van der Waals surface area contributed by atoms with Crippen LogP contribution in [0.1, 0.15) is 49.0 Å². The van der Waals surface area contributed by atoms with Gasteiger partial charge in [-0.1, -0.05) is 24.3 Å². The summed E-state index contributed by atoms with van der Waals surface area (Å²) in [4.78, 5) is 41.4. The van der Waals surface area contributed by atoms with Crippen LogP contribution in [0.2, 0.25) is 0 Å². The molecule has 2 amide bonds. The number of anilines is 2. The van der Waals surface area contributed by atoms with E-state index in [0.717, 1.165) is 42.8 Å². The summed E-state index contributed by atoms with van der Waals surface area (Å²) >= 11 is 0. The second-order valence-electron chi connectivity index (χ2n) is 10.1. The topological polar surface area (TPSA) is 128 Å². The highest BCUT2D eigenvalue weighted by Gasteiger charge is 2.34. The zero-order chi connectivity index (χ0) is 26.1. The zero-order valence-corrected chi connectivity index (χ0v) is 21.1. The van der Waals surface area contributed by atoms with E-state index in [2.05, 4.69) is 15.3 Å². The van der Waals surface area contributed by atoms with E-state index < -0.39 is 0 Å². The predicted molar refractivity (Wildman–Crippen MR) is 142 cm³/mol. The number of rotatable bonds is 5. The van der Waals surface area contributed by atoms with Gasteiger partial charge in [0.05, 0.1) is 18.2 Å². The molecule has 0 spiro atoms. The van der Waals surface area contributed by atoms with E-state index >= 15 is 0 Å². The van der Waals surface area contributed by atoms with Crippen molar-refractivity contribution in [1.29, 1.82) is 0 Å². The Morgan fingerprint density at radius 1 is 1.16 bits per heavy atom. The molecule has 0 aromatic carbocycles. The summed E-state index contributed by atoms with van der Waals surface area (Å²) in [6.45, 7) is 2.58. The van der Waals surface area contributed by atoms with Gasteiger partial charge in [-0.05, 0) is 37.8 Å². The summed E-state index contributed by atoms with van der Waals surface area (Å²) < 4.78 is 7.49. The fraction of sp³-hybridized carbons (Fsp3) is 0.393. The summed E-state index contributed by atoms with van der Waals surface area (Å²) in [5.74, 6) is 1.84.